The summed E-state index contributed by atoms with van der Waals surface area (Å²) in [5.41, 5.74) is 4.14. The monoisotopic (exact) mass is 661 g/mol. The molecule has 0 radical (unpaired) electrons. The maximum absolute atomic E-state index is 14.6. The first kappa shape index (κ1) is 30.4. The van der Waals surface area contributed by atoms with Crippen LogP contribution in [-0.4, -0.2) is 30.2 Å². The normalized spacial score (nSPS) is 16.4. The van der Waals surface area contributed by atoms with Gasteiger partial charge in [-0.05, 0) is 48.4 Å². The number of amides is 1. The summed E-state index contributed by atoms with van der Waals surface area (Å²) in [7, 11) is 1.57. The average Bonchev–Trinajstić information content (AvgIpc) is 3.57. The summed E-state index contributed by atoms with van der Waals surface area (Å²) >= 11 is 7.25. The van der Waals surface area contributed by atoms with Crippen molar-refractivity contribution in [2.45, 2.75) is 19.5 Å². The molecule has 1 atom stereocenters. The second-order valence-corrected chi connectivity index (χ2v) is 12.3. The van der Waals surface area contributed by atoms with E-state index in [1.54, 1.807) is 43.2 Å². The molecule has 10 heteroatoms. The number of nitrogens with zero attached hydrogens (tertiary/aromatic N) is 3. The molecule has 7 rings (SSSR count). The van der Waals surface area contributed by atoms with Crippen LogP contribution in [0.5, 0.6) is 5.75 Å². The first-order valence-corrected chi connectivity index (χ1v) is 16.2. The van der Waals surface area contributed by atoms with Crippen molar-refractivity contribution in [2.75, 3.05) is 18.6 Å². The van der Waals surface area contributed by atoms with Gasteiger partial charge in [0.15, 0.2) is 4.80 Å². The minimum Gasteiger partial charge on any atom is -0.497 e. The van der Waals surface area contributed by atoms with E-state index in [9.17, 15) is 14.4 Å². The average molecular weight is 662 g/mol. The molecule has 2 aliphatic heterocycles. The van der Waals surface area contributed by atoms with E-state index in [1.807, 2.05) is 78.9 Å². The second kappa shape index (κ2) is 12.5. The number of esters is 1. The van der Waals surface area contributed by atoms with Gasteiger partial charge in [-0.15, -0.1) is 0 Å². The van der Waals surface area contributed by atoms with Crippen molar-refractivity contribution in [1.82, 2.24) is 4.57 Å². The van der Waals surface area contributed by atoms with Crippen molar-refractivity contribution in [3.8, 4) is 5.75 Å². The van der Waals surface area contributed by atoms with E-state index in [0.29, 0.717) is 55.8 Å². The molecule has 0 aliphatic carbocycles. The number of thiazole rings is 1. The maximum atomic E-state index is 14.6. The molecule has 0 spiro atoms. The molecular formula is C37H28ClN3O5S. The topological polar surface area (TPSA) is 90.2 Å². The fourth-order valence-electron chi connectivity index (χ4n) is 6.02. The Morgan fingerprint density at radius 2 is 1.62 bits per heavy atom. The number of rotatable bonds is 7. The van der Waals surface area contributed by atoms with E-state index in [4.69, 9.17) is 26.1 Å². The SMILES string of the molecule is CCOC(=O)C1=C(c2ccccc2)N=c2s/c(=C3/C(=O)N(Cc4ccc(Cl)cc4)c4ccccc43)c(=O)n2[C@@H]1c1ccc(OC)cc1. The van der Waals surface area contributed by atoms with Gasteiger partial charge in [0.2, 0.25) is 0 Å². The zero-order chi connectivity index (χ0) is 32.7. The maximum Gasteiger partial charge on any atom is 0.338 e. The van der Waals surface area contributed by atoms with E-state index in [-0.39, 0.29) is 22.6 Å². The number of fused-ring (bicyclic) bond motifs is 2. The lowest BCUT2D eigenvalue weighted by Crippen LogP contribution is -2.41. The summed E-state index contributed by atoms with van der Waals surface area (Å²) in [6, 6.07) is 30.4. The highest BCUT2D eigenvalue weighted by Crippen LogP contribution is 2.38. The predicted molar refractivity (Wildman–Crippen MR) is 182 cm³/mol. The van der Waals surface area contributed by atoms with E-state index < -0.39 is 17.6 Å². The van der Waals surface area contributed by atoms with Gasteiger partial charge in [-0.2, -0.15) is 0 Å². The van der Waals surface area contributed by atoms with Gasteiger partial charge in [-0.1, -0.05) is 95.7 Å². The number of halogens is 1. The largest absolute Gasteiger partial charge is 0.497 e. The van der Waals surface area contributed by atoms with Gasteiger partial charge in [-0.3, -0.25) is 14.2 Å². The van der Waals surface area contributed by atoms with Crippen LogP contribution < -0.4 is 24.5 Å². The Morgan fingerprint density at radius 3 is 2.32 bits per heavy atom. The van der Waals surface area contributed by atoms with Crippen LogP contribution in [0.25, 0.3) is 11.3 Å². The Hall–Kier alpha value is -5.25. The molecule has 3 heterocycles. The molecule has 0 fully saturated rings. The summed E-state index contributed by atoms with van der Waals surface area (Å²) in [5.74, 6) is -0.243. The number of benzene rings is 4. The van der Waals surface area contributed by atoms with Gasteiger partial charge in [0.1, 0.15) is 10.3 Å². The number of aromatic nitrogens is 1. The molecule has 234 valence electrons. The number of carbonyl (C=O) groups is 2. The molecule has 4 aromatic carbocycles. The van der Waals surface area contributed by atoms with Crippen LogP contribution in [0.2, 0.25) is 5.02 Å². The van der Waals surface area contributed by atoms with Crippen LogP contribution in [0.1, 0.15) is 35.2 Å². The summed E-state index contributed by atoms with van der Waals surface area (Å²) < 4.78 is 12.7. The van der Waals surface area contributed by atoms with Crippen molar-refractivity contribution < 1.29 is 19.1 Å². The zero-order valence-corrected chi connectivity index (χ0v) is 27.0. The fraction of sp³-hybridized carbons (Fsp3) is 0.135. The van der Waals surface area contributed by atoms with Gasteiger partial charge in [0, 0.05) is 16.1 Å². The Labute approximate surface area is 279 Å². The quantitative estimate of drug-likeness (QED) is 0.215. The number of anilines is 1. The van der Waals surface area contributed by atoms with Crippen molar-refractivity contribution >= 4 is 51.8 Å². The first-order chi connectivity index (χ1) is 22.9. The highest BCUT2D eigenvalue weighted by atomic mass is 35.5. The molecule has 0 saturated carbocycles. The summed E-state index contributed by atoms with van der Waals surface area (Å²) in [5, 5.41) is 0.604. The molecular weight excluding hydrogens is 634 g/mol. The Balaban J connectivity index is 1.49. The third kappa shape index (κ3) is 5.37. The molecule has 1 aromatic heterocycles. The lowest BCUT2D eigenvalue weighted by atomic mass is 9.93. The molecule has 0 N–H and O–H groups in total. The highest BCUT2D eigenvalue weighted by Gasteiger charge is 2.38. The van der Waals surface area contributed by atoms with Gasteiger partial charge in [0.25, 0.3) is 11.5 Å². The minimum atomic E-state index is -0.877. The van der Waals surface area contributed by atoms with Crippen LogP contribution in [0.4, 0.5) is 5.69 Å². The highest BCUT2D eigenvalue weighted by molar-refractivity contribution is 7.07. The van der Waals surface area contributed by atoms with Crippen LogP contribution in [0, 0.1) is 0 Å². The van der Waals surface area contributed by atoms with Crippen LogP contribution in [0.15, 0.2) is 118 Å². The summed E-state index contributed by atoms with van der Waals surface area (Å²) in [4.78, 5) is 49.6. The molecule has 1 amide bonds. The number of methoxy groups -OCH3 is 1. The number of hydrogen-bond donors (Lipinski definition) is 0. The molecule has 5 aromatic rings. The third-order valence-electron chi connectivity index (χ3n) is 8.18. The Bertz CT molecular complexity index is 2240. The number of ether oxygens (including phenoxy) is 2. The van der Waals surface area contributed by atoms with Gasteiger partial charge < -0.3 is 14.4 Å². The van der Waals surface area contributed by atoms with Crippen LogP contribution >= 0.6 is 22.9 Å². The van der Waals surface area contributed by atoms with E-state index in [2.05, 4.69) is 0 Å². The van der Waals surface area contributed by atoms with Crippen LogP contribution in [0.3, 0.4) is 0 Å². The van der Waals surface area contributed by atoms with E-state index >= 15 is 0 Å². The number of para-hydroxylation sites is 1. The second-order valence-electron chi connectivity index (χ2n) is 10.9. The molecule has 2 aliphatic rings. The predicted octanol–water partition coefficient (Wildman–Crippen LogP) is 5.51. The van der Waals surface area contributed by atoms with Crippen molar-refractivity contribution in [3.05, 3.63) is 156 Å². The summed E-state index contributed by atoms with van der Waals surface area (Å²) in [6.07, 6.45) is 0. The van der Waals surface area contributed by atoms with Crippen molar-refractivity contribution in [3.63, 3.8) is 0 Å². The smallest absolute Gasteiger partial charge is 0.338 e. The van der Waals surface area contributed by atoms with Gasteiger partial charge in [-0.25, -0.2) is 9.79 Å². The van der Waals surface area contributed by atoms with Gasteiger partial charge >= 0.3 is 5.97 Å². The van der Waals surface area contributed by atoms with Crippen molar-refractivity contribution in [1.29, 1.82) is 0 Å². The van der Waals surface area contributed by atoms with E-state index in [1.165, 1.54) is 4.57 Å². The van der Waals surface area contributed by atoms with Crippen molar-refractivity contribution in [2.24, 2.45) is 4.99 Å². The molecule has 47 heavy (non-hydrogen) atoms. The first-order valence-electron chi connectivity index (χ1n) is 15.0. The molecule has 0 unspecified atom stereocenters. The molecule has 8 nitrogen and oxygen atoms in total. The number of carbonyl (C=O) groups excluding carboxylic acids is 2. The Morgan fingerprint density at radius 1 is 0.915 bits per heavy atom. The lowest BCUT2D eigenvalue weighted by Gasteiger charge is -2.26. The molecule has 0 saturated heterocycles. The fourth-order valence-corrected chi connectivity index (χ4v) is 7.24. The van der Waals surface area contributed by atoms with E-state index in [0.717, 1.165) is 16.9 Å². The Kier molecular flexibility index (Phi) is 8.09. The molecule has 0 bridgehead atoms. The third-order valence-corrected chi connectivity index (χ3v) is 9.49. The standard InChI is InChI=1S/C37H28ClN3O5S/c1-3-46-36(44)30-31(23-9-5-4-6-10-23)39-37-41(32(30)24-15-19-26(45-2)20-16-24)35(43)33(47-37)29-27-11-7-8-12-28(27)40(34(29)42)21-22-13-17-25(38)18-14-22/h4-20,32H,3,21H2,1-2H3/b33-29+/t32-/m1/s1. The summed E-state index contributed by atoms with van der Waals surface area (Å²) in [6.45, 7) is 2.18. The van der Waals surface area contributed by atoms with Crippen LogP contribution in [-0.2, 0) is 20.9 Å². The van der Waals surface area contributed by atoms with Gasteiger partial charge in [0.05, 0.1) is 48.8 Å². The number of hydrogen-bond acceptors (Lipinski definition) is 7. The zero-order valence-electron chi connectivity index (χ0n) is 25.5. The lowest BCUT2D eigenvalue weighted by molar-refractivity contribution is -0.138. The minimum absolute atomic E-state index is 0.142.